The molecule has 0 aliphatic heterocycles. The van der Waals surface area contributed by atoms with Crippen LogP contribution in [0.4, 0.5) is 11.6 Å². The first-order valence-electron chi connectivity index (χ1n) is 6.27. The number of aromatic nitrogens is 2. The number of nitrogens with zero attached hydrogens (tertiary/aromatic N) is 2. The van der Waals surface area contributed by atoms with Crippen LogP contribution >= 0.6 is 0 Å². The first-order valence-corrected chi connectivity index (χ1v) is 7.93. The van der Waals surface area contributed by atoms with Crippen molar-refractivity contribution in [2.24, 2.45) is 0 Å². The summed E-state index contributed by atoms with van der Waals surface area (Å²) in [6, 6.07) is 1.76. The third-order valence-corrected chi connectivity index (χ3v) is 3.71. The lowest BCUT2D eigenvalue weighted by Crippen LogP contribution is -2.29. The molecule has 0 saturated carbocycles. The van der Waals surface area contributed by atoms with Crippen molar-refractivity contribution in [3.8, 4) is 0 Å². The Bertz CT molecular complexity index is 504. The van der Waals surface area contributed by atoms with Crippen LogP contribution in [-0.4, -0.2) is 43.8 Å². The number of hydrogen-bond acceptors (Lipinski definition) is 6. The molecule has 8 heteroatoms. The highest BCUT2D eigenvalue weighted by molar-refractivity contribution is 7.89. The Balaban J connectivity index is 2.58. The number of aryl methyl sites for hydroxylation is 1. The summed E-state index contributed by atoms with van der Waals surface area (Å²) in [6.07, 6.45) is 0. The van der Waals surface area contributed by atoms with Gasteiger partial charge >= 0.3 is 0 Å². The molecule has 3 N–H and O–H groups in total. The monoisotopic (exact) mass is 287 g/mol. The highest BCUT2D eigenvalue weighted by atomic mass is 32.2. The van der Waals surface area contributed by atoms with Gasteiger partial charge < -0.3 is 10.6 Å². The van der Waals surface area contributed by atoms with Crippen molar-refractivity contribution in [1.82, 2.24) is 14.7 Å². The van der Waals surface area contributed by atoms with Crippen LogP contribution in [-0.2, 0) is 10.0 Å². The van der Waals surface area contributed by atoms with Gasteiger partial charge in [-0.1, -0.05) is 6.92 Å². The second-order valence-electron chi connectivity index (χ2n) is 3.96. The van der Waals surface area contributed by atoms with E-state index in [-0.39, 0.29) is 5.75 Å². The summed E-state index contributed by atoms with van der Waals surface area (Å²) in [5.74, 6) is 2.00. The second-order valence-corrected chi connectivity index (χ2v) is 5.89. The minimum atomic E-state index is -3.20. The van der Waals surface area contributed by atoms with Crippen molar-refractivity contribution in [3.05, 3.63) is 11.9 Å². The van der Waals surface area contributed by atoms with Crippen molar-refractivity contribution in [1.29, 1.82) is 0 Å². The van der Waals surface area contributed by atoms with Gasteiger partial charge in [0, 0.05) is 25.7 Å². The van der Waals surface area contributed by atoms with Crippen molar-refractivity contribution >= 4 is 21.7 Å². The normalized spacial score (nSPS) is 11.3. The molecule has 1 aromatic rings. The molecule has 0 aromatic carbocycles. The Hall–Kier alpha value is -1.41. The van der Waals surface area contributed by atoms with Crippen molar-refractivity contribution in [3.63, 3.8) is 0 Å². The van der Waals surface area contributed by atoms with Gasteiger partial charge in [0.05, 0.1) is 5.75 Å². The molecule has 0 aliphatic carbocycles. The molecule has 0 radical (unpaired) electrons. The Morgan fingerprint density at radius 2 is 1.74 bits per heavy atom. The Labute approximate surface area is 114 Å². The number of anilines is 2. The van der Waals surface area contributed by atoms with Crippen LogP contribution in [0.15, 0.2) is 6.07 Å². The van der Waals surface area contributed by atoms with Gasteiger partial charge in [-0.15, -0.1) is 0 Å². The van der Waals surface area contributed by atoms with E-state index in [1.807, 2.05) is 6.92 Å². The topological polar surface area (TPSA) is 96.0 Å². The molecule has 1 heterocycles. The van der Waals surface area contributed by atoms with E-state index in [4.69, 9.17) is 0 Å². The summed E-state index contributed by atoms with van der Waals surface area (Å²) in [5.41, 5.74) is 0. The van der Waals surface area contributed by atoms with Crippen LogP contribution in [0.5, 0.6) is 0 Å². The Morgan fingerprint density at radius 3 is 2.32 bits per heavy atom. The molecular weight excluding hydrogens is 266 g/mol. The predicted molar refractivity (Wildman–Crippen MR) is 76.9 cm³/mol. The third-order valence-electron chi connectivity index (χ3n) is 2.24. The fraction of sp³-hybridized carbons (Fsp3) is 0.636. The molecule has 0 spiro atoms. The first kappa shape index (κ1) is 15.6. The van der Waals surface area contributed by atoms with Gasteiger partial charge in [-0.2, -0.15) is 0 Å². The number of rotatable bonds is 8. The number of hydrogen-bond donors (Lipinski definition) is 3. The molecule has 0 aliphatic rings. The smallest absolute Gasteiger partial charge is 0.213 e. The Kier molecular flexibility index (Phi) is 5.97. The third kappa shape index (κ3) is 5.84. The van der Waals surface area contributed by atoms with E-state index in [0.29, 0.717) is 24.7 Å². The van der Waals surface area contributed by atoms with E-state index in [2.05, 4.69) is 25.3 Å². The fourth-order valence-corrected chi connectivity index (χ4v) is 2.49. The number of nitrogens with one attached hydrogen (secondary N) is 3. The standard InChI is InChI=1S/C11H21N5O2S/c1-4-12-10-8-11(16-9(3)15-10)13-6-7-19(17,18)14-5-2/h8,14H,4-7H2,1-3H3,(H2,12,13,15,16). The molecule has 0 unspecified atom stereocenters. The molecule has 108 valence electrons. The summed E-state index contributed by atoms with van der Waals surface area (Å²) < 4.78 is 25.4. The van der Waals surface area contributed by atoms with Crippen LogP contribution in [0.2, 0.25) is 0 Å². The van der Waals surface area contributed by atoms with E-state index >= 15 is 0 Å². The van der Waals surface area contributed by atoms with E-state index in [0.717, 1.165) is 12.4 Å². The van der Waals surface area contributed by atoms with E-state index in [1.165, 1.54) is 0 Å². The number of sulfonamides is 1. The molecule has 0 bridgehead atoms. The van der Waals surface area contributed by atoms with E-state index in [9.17, 15) is 8.42 Å². The highest BCUT2D eigenvalue weighted by Gasteiger charge is 2.08. The first-order chi connectivity index (χ1) is 8.96. The van der Waals surface area contributed by atoms with Crippen LogP contribution in [0, 0.1) is 6.92 Å². The zero-order valence-electron chi connectivity index (χ0n) is 11.5. The molecule has 0 fully saturated rings. The predicted octanol–water partition coefficient (Wildman–Crippen LogP) is 0.568. The lowest BCUT2D eigenvalue weighted by molar-refractivity contribution is 0.584. The van der Waals surface area contributed by atoms with Crippen molar-refractivity contribution < 1.29 is 8.42 Å². The van der Waals surface area contributed by atoms with Crippen molar-refractivity contribution in [2.45, 2.75) is 20.8 Å². The van der Waals surface area contributed by atoms with Crippen LogP contribution in [0.25, 0.3) is 0 Å². The summed E-state index contributed by atoms with van der Waals surface area (Å²) in [6.45, 7) is 7.00. The van der Waals surface area contributed by atoms with Gasteiger partial charge in [0.1, 0.15) is 17.5 Å². The lowest BCUT2D eigenvalue weighted by Gasteiger charge is -2.09. The minimum absolute atomic E-state index is 0.0143. The van der Waals surface area contributed by atoms with Gasteiger partial charge in [-0.3, -0.25) is 0 Å². The molecule has 19 heavy (non-hydrogen) atoms. The maximum Gasteiger partial charge on any atom is 0.213 e. The molecule has 7 nitrogen and oxygen atoms in total. The highest BCUT2D eigenvalue weighted by Crippen LogP contribution is 2.10. The van der Waals surface area contributed by atoms with Gasteiger partial charge in [0.25, 0.3) is 0 Å². The molecule has 0 saturated heterocycles. The molecule has 0 atom stereocenters. The summed E-state index contributed by atoms with van der Waals surface area (Å²) >= 11 is 0. The van der Waals surface area contributed by atoms with Gasteiger partial charge in [0.15, 0.2) is 0 Å². The lowest BCUT2D eigenvalue weighted by atomic mass is 10.4. The summed E-state index contributed by atoms with van der Waals surface area (Å²) in [7, 11) is -3.20. The molecular formula is C11H21N5O2S. The average molecular weight is 287 g/mol. The van der Waals surface area contributed by atoms with Gasteiger partial charge in [0.2, 0.25) is 10.0 Å². The molecule has 0 amide bonds. The zero-order valence-corrected chi connectivity index (χ0v) is 12.3. The molecule has 1 aromatic heterocycles. The fourth-order valence-electron chi connectivity index (χ4n) is 1.54. The minimum Gasteiger partial charge on any atom is -0.370 e. The quantitative estimate of drug-likeness (QED) is 0.647. The maximum atomic E-state index is 11.5. The van der Waals surface area contributed by atoms with Crippen LogP contribution in [0.1, 0.15) is 19.7 Å². The van der Waals surface area contributed by atoms with Crippen LogP contribution < -0.4 is 15.4 Å². The van der Waals surface area contributed by atoms with Crippen molar-refractivity contribution in [2.75, 3.05) is 36.0 Å². The summed E-state index contributed by atoms with van der Waals surface area (Å²) in [5, 5.41) is 6.08. The average Bonchev–Trinajstić information content (AvgIpc) is 2.28. The van der Waals surface area contributed by atoms with E-state index in [1.54, 1.807) is 19.9 Å². The van der Waals surface area contributed by atoms with Gasteiger partial charge in [-0.05, 0) is 13.8 Å². The Morgan fingerprint density at radius 1 is 1.11 bits per heavy atom. The SMILES string of the molecule is CCNc1cc(NCCS(=O)(=O)NCC)nc(C)n1. The van der Waals surface area contributed by atoms with E-state index < -0.39 is 10.0 Å². The second kappa shape index (κ2) is 7.25. The van der Waals surface area contributed by atoms with Gasteiger partial charge in [-0.25, -0.2) is 23.1 Å². The summed E-state index contributed by atoms with van der Waals surface area (Å²) in [4.78, 5) is 8.42. The van der Waals surface area contributed by atoms with Crippen LogP contribution in [0.3, 0.4) is 0 Å². The zero-order chi connectivity index (χ0) is 14.3. The maximum absolute atomic E-state index is 11.5. The molecule has 1 rings (SSSR count). The largest absolute Gasteiger partial charge is 0.370 e.